The topological polar surface area (TPSA) is 46.3 Å². The summed E-state index contributed by atoms with van der Waals surface area (Å²) < 4.78 is 6.58. The first kappa shape index (κ1) is 19.1. The molecule has 0 atom stereocenters. The number of anilines is 1. The first-order chi connectivity index (χ1) is 13.7. The molecule has 2 aromatic carbocycles. The lowest BCUT2D eigenvalue weighted by atomic mass is 10.2. The Kier molecular flexibility index (Phi) is 5.75. The van der Waals surface area contributed by atoms with E-state index in [1.807, 2.05) is 48.7 Å². The molecule has 2 heterocycles. The molecule has 2 aromatic heterocycles. The van der Waals surface area contributed by atoms with Crippen molar-refractivity contribution in [3.63, 3.8) is 0 Å². The van der Waals surface area contributed by atoms with Crippen molar-refractivity contribution in [3.8, 4) is 0 Å². The number of thiazole rings is 1. The highest BCUT2D eigenvalue weighted by molar-refractivity contribution is 7.98. The molecule has 0 fully saturated rings. The van der Waals surface area contributed by atoms with Crippen LogP contribution in [0.25, 0.3) is 10.2 Å². The largest absolute Gasteiger partial charge is 0.467 e. The lowest BCUT2D eigenvalue weighted by Crippen LogP contribution is -2.30. The van der Waals surface area contributed by atoms with E-state index in [1.165, 1.54) is 16.2 Å². The summed E-state index contributed by atoms with van der Waals surface area (Å²) >= 11 is 4.78. The van der Waals surface area contributed by atoms with Gasteiger partial charge in [-0.3, -0.25) is 9.69 Å². The van der Waals surface area contributed by atoms with Crippen LogP contribution in [0.2, 0.25) is 0 Å². The van der Waals surface area contributed by atoms with Gasteiger partial charge in [-0.2, -0.15) is 0 Å². The molecule has 0 N–H and O–H groups in total. The van der Waals surface area contributed by atoms with Crippen LogP contribution in [0.3, 0.4) is 0 Å². The molecule has 0 aliphatic carbocycles. The molecule has 0 saturated carbocycles. The lowest BCUT2D eigenvalue weighted by molar-refractivity contribution is 0.0980. The van der Waals surface area contributed by atoms with Crippen LogP contribution in [-0.4, -0.2) is 23.4 Å². The van der Waals surface area contributed by atoms with Crippen molar-refractivity contribution in [2.75, 3.05) is 17.4 Å². The molecular weight excluding hydrogens is 408 g/mol. The van der Waals surface area contributed by atoms with E-state index in [4.69, 9.17) is 9.40 Å². The molecule has 0 spiro atoms. The SMILES string of the molecule is CSc1ccc2nc(N(Cc3ccco3)C(=O)c3ccccc3SC)sc2c1. The standard InChI is InChI=1S/C21H18N2O2S3/c1-26-15-9-10-17-19(12-15)28-21(22-17)23(13-14-6-5-11-25-14)20(24)16-7-3-4-8-18(16)27-2/h3-12H,13H2,1-2H3. The summed E-state index contributed by atoms with van der Waals surface area (Å²) in [7, 11) is 0. The zero-order valence-corrected chi connectivity index (χ0v) is 17.9. The van der Waals surface area contributed by atoms with E-state index < -0.39 is 0 Å². The minimum absolute atomic E-state index is 0.0782. The van der Waals surface area contributed by atoms with E-state index >= 15 is 0 Å². The molecule has 7 heteroatoms. The summed E-state index contributed by atoms with van der Waals surface area (Å²) in [5.74, 6) is 0.643. The molecular formula is C21H18N2O2S3. The zero-order valence-electron chi connectivity index (χ0n) is 15.4. The smallest absolute Gasteiger partial charge is 0.261 e. The van der Waals surface area contributed by atoms with Crippen molar-refractivity contribution < 1.29 is 9.21 Å². The molecule has 0 aliphatic rings. The Labute approximate surface area is 176 Å². The zero-order chi connectivity index (χ0) is 19.5. The molecule has 1 amide bonds. The predicted octanol–water partition coefficient (Wildman–Crippen LogP) is 6.18. The third-order valence-corrected chi connectivity index (χ3v) is 6.85. The van der Waals surface area contributed by atoms with E-state index in [9.17, 15) is 4.79 Å². The highest BCUT2D eigenvalue weighted by Crippen LogP contribution is 2.34. The average Bonchev–Trinajstić information content (AvgIpc) is 3.40. The maximum atomic E-state index is 13.5. The van der Waals surface area contributed by atoms with Crippen molar-refractivity contribution >= 4 is 56.1 Å². The number of hydrogen-bond donors (Lipinski definition) is 0. The third kappa shape index (κ3) is 3.83. The fourth-order valence-corrected chi connectivity index (χ4v) is 4.99. The van der Waals surface area contributed by atoms with E-state index in [0.29, 0.717) is 17.2 Å². The fourth-order valence-electron chi connectivity index (χ4n) is 2.89. The number of carbonyl (C=O) groups excluding carboxylic acids is 1. The first-order valence-corrected chi connectivity index (χ1v) is 11.9. The highest BCUT2D eigenvalue weighted by atomic mass is 32.2. The Morgan fingerprint density at radius 2 is 1.96 bits per heavy atom. The van der Waals surface area contributed by atoms with Gasteiger partial charge in [0.15, 0.2) is 5.13 Å². The van der Waals surface area contributed by atoms with Crippen molar-refractivity contribution in [1.82, 2.24) is 4.98 Å². The van der Waals surface area contributed by atoms with Gasteiger partial charge in [0.1, 0.15) is 5.76 Å². The third-order valence-electron chi connectivity index (χ3n) is 4.29. The first-order valence-electron chi connectivity index (χ1n) is 8.61. The molecule has 4 aromatic rings. The van der Waals surface area contributed by atoms with Crippen LogP contribution in [0.4, 0.5) is 5.13 Å². The van der Waals surface area contributed by atoms with Gasteiger partial charge in [0.2, 0.25) is 0 Å². The van der Waals surface area contributed by atoms with Gasteiger partial charge in [-0.15, -0.1) is 23.5 Å². The Bertz CT molecular complexity index is 1110. The van der Waals surface area contributed by atoms with Gasteiger partial charge in [-0.25, -0.2) is 4.98 Å². The summed E-state index contributed by atoms with van der Waals surface area (Å²) in [6.45, 7) is 0.337. The van der Waals surface area contributed by atoms with E-state index in [1.54, 1.807) is 34.7 Å². The van der Waals surface area contributed by atoms with Crippen LogP contribution in [0.15, 0.2) is 75.1 Å². The number of thioether (sulfide) groups is 2. The number of fused-ring (bicyclic) bond motifs is 1. The molecule has 0 unspecified atom stereocenters. The maximum Gasteiger partial charge on any atom is 0.261 e. The predicted molar refractivity (Wildman–Crippen MR) is 119 cm³/mol. The van der Waals surface area contributed by atoms with Crippen LogP contribution < -0.4 is 4.90 Å². The monoisotopic (exact) mass is 426 g/mol. The van der Waals surface area contributed by atoms with Crippen LogP contribution in [-0.2, 0) is 6.54 Å². The van der Waals surface area contributed by atoms with Crippen molar-refractivity contribution in [3.05, 3.63) is 72.2 Å². The molecule has 0 bridgehead atoms. The van der Waals surface area contributed by atoms with Crippen LogP contribution in [0.5, 0.6) is 0 Å². The highest BCUT2D eigenvalue weighted by Gasteiger charge is 2.24. The van der Waals surface area contributed by atoms with Gasteiger partial charge in [0.25, 0.3) is 5.91 Å². The minimum atomic E-state index is -0.0782. The second-order valence-corrected chi connectivity index (χ2v) is 8.74. The Morgan fingerprint density at radius 1 is 1.11 bits per heavy atom. The molecule has 4 rings (SSSR count). The summed E-state index contributed by atoms with van der Waals surface area (Å²) in [5.41, 5.74) is 1.57. The average molecular weight is 427 g/mol. The maximum absolute atomic E-state index is 13.5. The van der Waals surface area contributed by atoms with Gasteiger partial charge < -0.3 is 4.42 Å². The number of benzene rings is 2. The molecule has 28 heavy (non-hydrogen) atoms. The molecule has 142 valence electrons. The number of carbonyl (C=O) groups is 1. The van der Waals surface area contributed by atoms with Gasteiger partial charge in [0, 0.05) is 9.79 Å². The molecule has 4 nitrogen and oxygen atoms in total. The molecule has 0 radical (unpaired) electrons. The second-order valence-electron chi connectivity index (χ2n) is 6.00. The number of hydrogen-bond acceptors (Lipinski definition) is 6. The van der Waals surface area contributed by atoms with E-state index in [2.05, 4.69) is 18.4 Å². The Morgan fingerprint density at radius 3 is 2.71 bits per heavy atom. The fraction of sp³-hybridized carbons (Fsp3) is 0.143. The van der Waals surface area contributed by atoms with Gasteiger partial charge in [-0.05, 0) is 55.0 Å². The van der Waals surface area contributed by atoms with Gasteiger partial charge in [0.05, 0.1) is 28.6 Å². The van der Waals surface area contributed by atoms with E-state index in [-0.39, 0.29) is 5.91 Å². The number of nitrogens with zero attached hydrogens (tertiary/aromatic N) is 2. The quantitative estimate of drug-likeness (QED) is 0.345. The van der Waals surface area contributed by atoms with Crippen LogP contribution in [0, 0.1) is 0 Å². The van der Waals surface area contributed by atoms with E-state index in [0.717, 1.165) is 20.9 Å². The lowest BCUT2D eigenvalue weighted by Gasteiger charge is -2.20. The number of furan rings is 1. The van der Waals surface area contributed by atoms with Gasteiger partial charge >= 0.3 is 0 Å². The Balaban J connectivity index is 1.78. The summed E-state index contributed by atoms with van der Waals surface area (Å²) in [6.07, 6.45) is 5.65. The van der Waals surface area contributed by atoms with Crippen molar-refractivity contribution in [2.24, 2.45) is 0 Å². The Hall–Kier alpha value is -2.22. The summed E-state index contributed by atoms with van der Waals surface area (Å²) in [6, 6.07) is 17.5. The molecule has 0 aliphatic heterocycles. The normalized spacial score (nSPS) is 11.1. The second kappa shape index (κ2) is 8.43. The van der Waals surface area contributed by atoms with Crippen LogP contribution in [0.1, 0.15) is 16.1 Å². The summed E-state index contributed by atoms with van der Waals surface area (Å²) in [4.78, 5) is 22.1. The number of amides is 1. The van der Waals surface area contributed by atoms with Crippen LogP contribution >= 0.6 is 34.9 Å². The molecule has 0 saturated heterocycles. The van der Waals surface area contributed by atoms with Gasteiger partial charge in [-0.1, -0.05) is 23.5 Å². The number of aromatic nitrogens is 1. The minimum Gasteiger partial charge on any atom is -0.467 e. The van der Waals surface area contributed by atoms with Crippen molar-refractivity contribution in [2.45, 2.75) is 16.3 Å². The number of rotatable bonds is 6. The van der Waals surface area contributed by atoms with Crippen molar-refractivity contribution in [1.29, 1.82) is 0 Å². The summed E-state index contributed by atoms with van der Waals surface area (Å²) in [5, 5.41) is 0.672.